The highest BCUT2D eigenvalue weighted by atomic mass is 16.1. The highest BCUT2D eigenvalue weighted by molar-refractivity contribution is 5.79. The van der Waals surface area contributed by atoms with Crippen LogP contribution in [-0.2, 0) is 4.79 Å². The first kappa shape index (κ1) is 14.8. The van der Waals surface area contributed by atoms with Gasteiger partial charge in [-0.05, 0) is 56.3 Å². The number of rotatable bonds is 2. The molecule has 0 aliphatic heterocycles. The van der Waals surface area contributed by atoms with Gasteiger partial charge in [-0.1, -0.05) is 20.8 Å². The zero-order valence-electron chi connectivity index (χ0n) is 12.7. The molecule has 0 spiro atoms. The fraction of sp³-hybridized carbons (Fsp3) is 0.938. The number of nitrogens with one attached hydrogen (secondary N) is 1. The molecule has 3 nitrogen and oxygen atoms in total. The molecule has 2 aliphatic carbocycles. The van der Waals surface area contributed by atoms with Gasteiger partial charge >= 0.3 is 0 Å². The van der Waals surface area contributed by atoms with Crippen molar-refractivity contribution in [3.05, 3.63) is 0 Å². The third-order valence-electron chi connectivity index (χ3n) is 5.31. The number of hydrogen-bond donors (Lipinski definition) is 2. The van der Waals surface area contributed by atoms with Crippen molar-refractivity contribution in [2.45, 2.75) is 77.8 Å². The Labute approximate surface area is 117 Å². The molecule has 2 rings (SSSR count). The van der Waals surface area contributed by atoms with E-state index in [9.17, 15) is 4.79 Å². The second-order valence-electron chi connectivity index (χ2n) is 7.60. The molecule has 0 radical (unpaired) electrons. The van der Waals surface area contributed by atoms with Crippen LogP contribution in [0.25, 0.3) is 0 Å². The van der Waals surface area contributed by atoms with Crippen molar-refractivity contribution in [1.82, 2.24) is 5.32 Å². The fourth-order valence-electron chi connectivity index (χ4n) is 3.46. The minimum absolute atomic E-state index is 0.154. The summed E-state index contributed by atoms with van der Waals surface area (Å²) in [4.78, 5) is 12.3. The van der Waals surface area contributed by atoms with E-state index < -0.39 is 0 Å². The summed E-state index contributed by atoms with van der Waals surface area (Å²) < 4.78 is 0. The Kier molecular flexibility index (Phi) is 4.54. The Morgan fingerprint density at radius 2 is 1.79 bits per heavy atom. The van der Waals surface area contributed by atoms with Crippen LogP contribution in [0.4, 0.5) is 0 Å². The summed E-state index contributed by atoms with van der Waals surface area (Å²) in [6.07, 6.45) is 7.68. The van der Waals surface area contributed by atoms with E-state index in [1.54, 1.807) is 0 Å². The monoisotopic (exact) mass is 266 g/mol. The van der Waals surface area contributed by atoms with Gasteiger partial charge in [0.2, 0.25) is 5.91 Å². The maximum absolute atomic E-state index is 12.3. The molecular formula is C16H30N2O. The first-order chi connectivity index (χ1) is 8.87. The zero-order valence-corrected chi connectivity index (χ0v) is 12.7. The Bertz CT molecular complexity index is 317. The third-order valence-corrected chi connectivity index (χ3v) is 5.31. The zero-order chi connectivity index (χ0) is 14.0. The molecule has 110 valence electrons. The van der Waals surface area contributed by atoms with E-state index in [2.05, 4.69) is 26.1 Å². The lowest BCUT2D eigenvalue weighted by atomic mass is 9.75. The molecule has 2 aliphatic rings. The van der Waals surface area contributed by atoms with Gasteiger partial charge in [-0.2, -0.15) is 0 Å². The Morgan fingerprint density at radius 3 is 2.37 bits per heavy atom. The second kappa shape index (κ2) is 5.82. The minimum Gasteiger partial charge on any atom is -0.353 e. The molecule has 0 saturated heterocycles. The average molecular weight is 266 g/mol. The van der Waals surface area contributed by atoms with Crippen LogP contribution in [0.15, 0.2) is 0 Å². The Balaban J connectivity index is 1.79. The van der Waals surface area contributed by atoms with E-state index in [1.807, 2.05) is 0 Å². The lowest BCUT2D eigenvalue weighted by molar-refractivity contribution is -0.127. The normalized spacial score (nSPS) is 35.9. The second-order valence-corrected chi connectivity index (χ2v) is 7.60. The number of hydrogen-bond acceptors (Lipinski definition) is 2. The van der Waals surface area contributed by atoms with E-state index in [0.29, 0.717) is 17.4 Å². The average Bonchev–Trinajstić information content (AvgIpc) is 2.35. The van der Waals surface area contributed by atoms with E-state index in [4.69, 9.17) is 5.73 Å². The van der Waals surface area contributed by atoms with Crippen LogP contribution in [-0.4, -0.2) is 18.0 Å². The van der Waals surface area contributed by atoms with Gasteiger partial charge in [0, 0.05) is 18.0 Å². The van der Waals surface area contributed by atoms with Gasteiger partial charge in [0.15, 0.2) is 0 Å². The predicted molar refractivity (Wildman–Crippen MR) is 78.7 cm³/mol. The minimum atomic E-state index is 0.154. The molecule has 0 aromatic rings. The first-order valence-corrected chi connectivity index (χ1v) is 7.93. The maximum atomic E-state index is 12.3. The van der Waals surface area contributed by atoms with E-state index in [-0.39, 0.29) is 17.9 Å². The molecule has 2 fully saturated rings. The first-order valence-electron chi connectivity index (χ1n) is 7.93. The highest BCUT2D eigenvalue weighted by Crippen LogP contribution is 2.35. The lowest BCUT2D eigenvalue weighted by Gasteiger charge is -2.36. The van der Waals surface area contributed by atoms with Gasteiger partial charge in [-0.15, -0.1) is 0 Å². The van der Waals surface area contributed by atoms with Gasteiger partial charge in [0.1, 0.15) is 0 Å². The number of carbonyl (C=O) groups excluding carboxylic acids is 1. The van der Waals surface area contributed by atoms with Gasteiger partial charge in [0.05, 0.1) is 0 Å². The smallest absolute Gasteiger partial charge is 0.223 e. The summed E-state index contributed by atoms with van der Waals surface area (Å²) in [6.45, 7) is 6.85. The van der Waals surface area contributed by atoms with Crippen molar-refractivity contribution < 1.29 is 4.79 Å². The van der Waals surface area contributed by atoms with Gasteiger partial charge < -0.3 is 11.1 Å². The predicted octanol–water partition coefficient (Wildman–Crippen LogP) is 2.83. The number of nitrogens with two attached hydrogens (primary N) is 1. The Hall–Kier alpha value is -0.570. The molecule has 1 amide bonds. The van der Waals surface area contributed by atoms with Crippen molar-refractivity contribution in [1.29, 1.82) is 0 Å². The van der Waals surface area contributed by atoms with Crippen LogP contribution >= 0.6 is 0 Å². The lowest BCUT2D eigenvalue weighted by Crippen LogP contribution is -2.45. The molecule has 2 saturated carbocycles. The summed E-state index contributed by atoms with van der Waals surface area (Å²) >= 11 is 0. The van der Waals surface area contributed by atoms with Crippen molar-refractivity contribution in [2.75, 3.05) is 0 Å². The summed E-state index contributed by atoms with van der Waals surface area (Å²) in [6, 6.07) is 0.603. The summed E-state index contributed by atoms with van der Waals surface area (Å²) in [5, 5.41) is 3.27. The molecular weight excluding hydrogens is 236 g/mol. The van der Waals surface area contributed by atoms with E-state index in [1.165, 1.54) is 12.8 Å². The molecule has 3 atom stereocenters. The summed E-state index contributed by atoms with van der Waals surface area (Å²) in [5.74, 6) is 0.979. The summed E-state index contributed by atoms with van der Waals surface area (Å²) in [7, 11) is 0. The van der Waals surface area contributed by atoms with Gasteiger partial charge in [-0.25, -0.2) is 0 Å². The Morgan fingerprint density at radius 1 is 1.16 bits per heavy atom. The maximum Gasteiger partial charge on any atom is 0.223 e. The molecule has 3 N–H and O–H groups in total. The van der Waals surface area contributed by atoms with Gasteiger partial charge in [0.25, 0.3) is 0 Å². The van der Waals surface area contributed by atoms with Crippen LogP contribution in [0.2, 0.25) is 0 Å². The van der Waals surface area contributed by atoms with Crippen molar-refractivity contribution in [3.63, 3.8) is 0 Å². The third kappa shape index (κ3) is 3.95. The van der Waals surface area contributed by atoms with Crippen LogP contribution in [0.1, 0.15) is 65.7 Å². The number of amides is 1. The van der Waals surface area contributed by atoms with Crippen molar-refractivity contribution in [2.24, 2.45) is 23.0 Å². The standard InChI is InChI=1S/C16H30N2O/c1-11-4-5-12(10-14(11)17)15(19)18-13-6-8-16(2,3)9-7-13/h11-14H,4-10,17H2,1-3H3,(H,18,19). The van der Waals surface area contributed by atoms with Crippen molar-refractivity contribution in [3.8, 4) is 0 Å². The van der Waals surface area contributed by atoms with Crippen LogP contribution in [0.5, 0.6) is 0 Å². The molecule has 0 aromatic heterocycles. The largest absolute Gasteiger partial charge is 0.353 e. The molecule has 0 heterocycles. The van der Waals surface area contributed by atoms with Crippen LogP contribution in [0.3, 0.4) is 0 Å². The van der Waals surface area contributed by atoms with E-state index in [0.717, 1.165) is 32.1 Å². The van der Waals surface area contributed by atoms with Crippen LogP contribution in [0, 0.1) is 17.3 Å². The number of carbonyl (C=O) groups is 1. The molecule has 0 bridgehead atoms. The fourth-order valence-corrected chi connectivity index (χ4v) is 3.46. The molecule has 3 heteroatoms. The van der Waals surface area contributed by atoms with Crippen molar-refractivity contribution >= 4 is 5.91 Å². The van der Waals surface area contributed by atoms with Gasteiger partial charge in [-0.3, -0.25) is 4.79 Å². The SMILES string of the molecule is CC1CCC(C(=O)NC2CCC(C)(C)CC2)CC1N. The topological polar surface area (TPSA) is 55.1 Å². The quantitative estimate of drug-likeness (QED) is 0.807. The molecule has 0 aromatic carbocycles. The summed E-state index contributed by atoms with van der Waals surface area (Å²) in [5.41, 5.74) is 6.56. The van der Waals surface area contributed by atoms with E-state index >= 15 is 0 Å². The van der Waals surface area contributed by atoms with Crippen LogP contribution < -0.4 is 11.1 Å². The molecule has 19 heavy (non-hydrogen) atoms. The molecule has 3 unspecified atom stereocenters. The highest BCUT2D eigenvalue weighted by Gasteiger charge is 2.32.